The number of methoxy groups -OCH3 is 1. The van der Waals surface area contributed by atoms with Crippen LogP contribution in [0.15, 0.2) is 23.2 Å². The normalized spacial score (nSPS) is 13.6. The van der Waals surface area contributed by atoms with Gasteiger partial charge in [0.15, 0.2) is 17.5 Å². The van der Waals surface area contributed by atoms with Crippen molar-refractivity contribution in [3.63, 3.8) is 0 Å². The van der Waals surface area contributed by atoms with Gasteiger partial charge in [-0.15, -0.1) is 0 Å². The summed E-state index contributed by atoms with van der Waals surface area (Å²) >= 11 is 0. The number of ether oxygens (including phenoxy) is 1. The molecule has 0 heterocycles. The summed E-state index contributed by atoms with van der Waals surface area (Å²) < 4.78 is 5.07. The van der Waals surface area contributed by atoms with Crippen LogP contribution >= 0.6 is 0 Å². The SMILES string of the molecule is CN=C(N)NC(C)CCCC(=O)C(CCO)C(=O)CCc1ccc(O)c(OC)c1. The van der Waals surface area contributed by atoms with Gasteiger partial charge in [-0.2, -0.15) is 0 Å². The Morgan fingerprint density at radius 2 is 1.93 bits per heavy atom. The maximum atomic E-state index is 12.6. The molecule has 1 aromatic carbocycles. The van der Waals surface area contributed by atoms with E-state index in [9.17, 15) is 19.8 Å². The van der Waals surface area contributed by atoms with Crippen molar-refractivity contribution in [2.45, 2.75) is 51.5 Å². The molecule has 2 unspecified atom stereocenters. The lowest BCUT2D eigenvalue weighted by molar-refractivity contribution is -0.133. The molecule has 0 aliphatic rings. The number of rotatable bonds is 13. The molecule has 1 rings (SSSR count). The fourth-order valence-electron chi connectivity index (χ4n) is 3.10. The highest BCUT2D eigenvalue weighted by atomic mass is 16.5. The average Bonchev–Trinajstić information content (AvgIpc) is 2.70. The minimum absolute atomic E-state index is 0.0339. The summed E-state index contributed by atoms with van der Waals surface area (Å²) in [5.41, 5.74) is 6.45. The van der Waals surface area contributed by atoms with Crippen molar-refractivity contribution in [1.29, 1.82) is 0 Å². The quantitative estimate of drug-likeness (QED) is 0.221. The van der Waals surface area contributed by atoms with Crippen LogP contribution < -0.4 is 15.8 Å². The lowest BCUT2D eigenvalue weighted by atomic mass is 9.89. The summed E-state index contributed by atoms with van der Waals surface area (Å²) in [6, 6.07) is 4.97. The molecule has 8 heteroatoms. The van der Waals surface area contributed by atoms with E-state index in [-0.39, 0.29) is 49.2 Å². The molecule has 0 spiro atoms. The molecule has 1 aromatic rings. The second kappa shape index (κ2) is 12.8. The van der Waals surface area contributed by atoms with Crippen LogP contribution in [0.3, 0.4) is 0 Å². The number of carbonyl (C=O) groups excluding carboxylic acids is 2. The molecule has 29 heavy (non-hydrogen) atoms. The molecule has 0 aromatic heterocycles. The summed E-state index contributed by atoms with van der Waals surface area (Å²) in [5, 5.41) is 21.9. The largest absolute Gasteiger partial charge is 0.504 e. The first-order valence-electron chi connectivity index (χ1n) is 9.83. The number of nitrogens with two attached hydrogens (primary N) is 1. The molecular weight excluding hydrogens is 374 g/mol. The van der Waals surface area contributed by atoms with Crippen LogP contribution in [0, 0.1) is 5.92 Å². The predicted octanol–water partition coefficient (Wildman–Crippen LogP) is 1.56. The number of nitrogens with one attached hydrogen (secondary N) is 1. The summed E-state index contributed by atoms with van der Waals surface area (Å²) in [4.78, 5) is 29.0. The molecule has 0 radical (unpaired) electrons. The zero-order valence-electron chi connectivity index (χ0n) is 17.5. The fourth-order valence-corrected chi connectivity index (χ4v) is 3.10. The number of carbonyl (C=O) groups is 2. The van der Waals surface area contributed by atoms with Crippen LogP contribution in [0.1, 0.15) is 44.6 Å². The van der Waals surface area contributed by atoms with Gasteiger partial charge in [0.05, 0.1) is 13.0 Å². The van der Waals surface area contributed by atoms with E-state index < -0.39 is 5.92 Å². The van der Waals surface area contributed by atoms with E-state index in [0.29, 0.717) is 24.6 Å². The van der Waals surface area contributed by atoms with Gasteiger partial charge in [-0.1, -0.05) is 6.07 Å². The first kappa shape index (κ1) is 24.4. The Balaban J connectivity index is 2.56. The molecule has 5 N–H and O–H groups in total. The number of aliphatic hydroxyl groups is 1. The molecule has 8 nitrogen and oxygen atoms in total. The summed E-state index contributed by atoms with van der Waals surface area (Å²) in [6.45, 7) is 1.74. The van der Waals surface area contributed by atoms with Gasteiger partial charge in [0.1, 0.15) is 11.6 Å². The van der Waals surface area contributed by atoms with Gasteiger partial charge in [0.25, 0.3) is 0 Å². The van der Waals surface area contributed by atoms with E-state index in [2.05, 4.69) is 10.3 Å². The van der Waals surface area contributed by atoms with E-state index in [1.165, 1.54) is 13.2 Å². The van der Waals surface area contributed by atoms with Crippen molar-refractivity contribution in [3.8, 4) is 11.5 Å². The van der Waals surface area contributed by atoms with Gasteiger partial charge in [-0.05, 0) is 50.3 Å². The second-order valence-electron chi connectivity index (χ2n) is 7.05. The number of aromatic hydroxyl groups is 1. The first-order valence-corrected chi connectivity index (χ1v) is 9.83. The standard InChI is InChI=1S/C21H33N3O5/c1-14(24-21(22)23-2)5-4-6-17(26)16(11-12-25)18(27)9-7-15-8-10-19(28)20(13-15)29-3/h8,10,13-14,16,25,28H,4-7,9,11-12H2,1-3H3,(H3,22,23,24). The molecule has 0 aliphatic heterocycles. The van der Waals surface area contributed by atoms with E-state index in [4.69, 9.17) is 10.5 Å². The van der Waals surface area contributed by atoms with Gasteiger partial charge >= 0.3 is 0 Å². The maximum absolute atomic E-state index is 12.6. The number of guanidine groups is 1. The lowest BCUT2D eigenvalue weighted by Crippen LogP contribution is -2.38. The smallest absolute Gasteiger partial charge is 0.188 e. The summed E-state index contributed by atoms with van der Waals surface area (Å²) in [6.07, 6.45) is 2.37. The number of ketones is 2. The van der Waals surface area contributed by atoms with Crippen LogP contribution in [0.4, 0.5) is 0 Å². The predicted molar refractivity (Wildman–Crippen MR) is 112 cm³/mol. The maximum Gasteiger partial charge on any atom is 0.188 e. The molecule has 2 atom stereocenters. The highest BCUT2D eigenvalue weighted by Gasteiger charge is 2.25. The van der Waals surface area contributed by atoms with E-state index in [0.717, 1.165) is 12.0 Å². The molecule has 0 amide bonds. The third-order valence-electron chi connectivity index (χ3n) is 4.79. The Bertz CT molecular complexity index is 706. The molecule has 0 fully saturated rings. The van der Waals surface area contributed by atoms with Gasteiger partial charge in [-0.3, -0.25) is 14.6 Å². The topological polar surface area (TPSA) is 134 Å². The third-order valence-corrected chi connectivity index (χ3v) is 4.79. The fraction of sp³-hybridized carbons (Fsp3) is 0.571. The van der Waals surface area contributed by atoms with Crippen LogP contribution in [0.2, 0.25) is 0 Å². The average molecular weight is 408 g/mol. The van der Waals surface area contributed by atoms with Crippen molar-refractivity contribution in [2.24, 2.45) is 16.6 Å². The number of phenolic OH excluding ortho intramolecular Hbond substituents is 1. The monoisotopic (exact) mass is 407 g/mol. The minimum Gasteiger partial charge on any atom is -0.504 e. The number of Topliss-reactive ketones (excluding diaryl/α,β-unsaturated/α-hetero) is 2. The molecule has 0 aliphatic carbocycles. The van der Waals surface area contributed by atoms with E-state index in [1.54, 1.807) is 19.2 Å². The number of aliphatic imine (C=N–C) groups is 1. The van der Waals surface area contributed by atoms with E-state index in [1.807, 2.05) is 6.92 Å². The summed E-state index contributed by atoms with van der Waals surface area (Å²) in [7, 11) is 3.05. The number of phenols is 1. The van der Waals surface area contributed by atoms with Crippen molar-refractivity contribution in [2.75, 3.05) is 20.8 Å². The Kier molecular flexibility index (Phi) is 10.8. The molecular formula is C21H33N3O5. The Hall–Kier alpha value is -2.61. The molecule has 0 saturated heterocycles. The van der Waals surface area contributed by atoms with Crippen molar-refractivity contribution < 1.29 is 24.5 Å². The Labute approximate surface area is 172 Å². The van der Waals surface area contributed by atoms with Gasteiger partial charge in [0, 0.05) is 32.5 Å². The molecule has 162 valence electrons. The summed E-state index contributed by atoms with van der Waals surface area (Å²) in [5.74, 6) is -0.380. The number of aliphatic hydroxyl groups excluding tert-OH is 1. The van der Waals surface area contributed by atoms with Crippen molar-refractivity contribution in [1.82, 2.24) is 5.32 Å². The number of aryl methyl sites for hydroxylation is 1. The first-order chi connectivity index (χ1) is 13.8. The van der Waals surface area contributed by atoms with Crippen molar-refractivity contribution in [3.05, 3.63) is 23.8 Å². The Morgan fingerprint density at radius 1 is 1.24 bits per heavy atom. The van der Waals surface area contributed by atoms with Crippen LogP contribution in [-0.4, -0.2) is 54.5 Å². The minimum atomic E-state index is -0.787. The van der Waals surface area contributed by atoms with Gasteiger partial charge < -0.3 is 26.0 Å². The van der Waals surface area contributed by atoms with Crippen molar-refractivity contribution >= 4 is 17.5 Å². The van der Waals surface area contributed by atoms with Gasteiger partial charge in [-0.25, -0.2) is 0 Å². The second-order valence-corrected chi connectivity index (χ2v) is 7.05. The number of hydrogen-bond donors (Lipinski definition) is 4. The van der Waals surface area contributed by atoms with Gasteiger partial charge in [0.2, 0.25) is 0 Å². The Morgan fingerprint density at radius 3 is 2.55 bits per heavy atom. The number of hydrogen-bond acceptors (Lipinski definition) is 6. The molecule has 0 bridgehead atoms. The zero-order valence-corrected chi connectivity index (χ0v) is 17.5. The van der Waals surface area contributed by atoms with Crippen LogP contribution in [-0.2, 0) is 16.0 Å². The highest BCUT2D eigenvalue weighted by molar-refractivity contribution is 6.02. The van der Waals surface area contributed by atoms with E-state index >= 15 is 0 Å². The number of benzene rings is 1. The lowest BCUT2D eigenvalue weighted by Gasteiger charge is -2.16. The third kappa shape index (κ3) is 8.51. The number of nitrogens with zero attached hydrogens (tertiary/aromatic N) is 1. The molecule has 0 saturated carbocycles. The van der Waals surface area contributed by atoms with Crippen LogP contribution in [0.25, 0.3) is 0 Å². The van der Waals surface area contributed by atoms with Crippen LogP contribution in [0.5, 0.6) is 11.5 Å². The highest BCUT2D eigenvalue weighted by Crippen LogP contribution is 2.27. The zero-order chi connectivity index (χ0) is 21.8.